The van der Waals surface area contributed by atoms with E-state index in [1.807, 2.05) is 48.3 Å². The maximum Gasteiger partial charge on any atom is 0.257 e. The summed E-state index contributed by atoms with van der Waals surface area (Å²) in [5.74, 6) is 2.30. The van der Waals surface area contributed by atoms with E-state index < -0.39 is 0 Å². The number of hydrogen-bond donors (Lipinski definition) is 0. The zero-order chi connectivity index (χ0) is 17.7. The number of amides is 1. The smallest absolute Gasteiger partial charge is 0.257 e. The summed E-state index contributed by atoms with van der Waals surface area (Å²) in [6, 6.07) is 13.6. The topological polar surface area (TPSA) is 51.2 Å². The molecule has 5 rings (SSSR count). The first kappa shape index (κ1) is 15.5. The summed E-state index contributed by atoms with van der Waals surface area (Å²) in [6.07, 6.45) is -0.0263. The Bertz CT molecular complexity index is 869. The molecule has 134 valence electrons. The van der Waals surface area contributed by atoms with Gasteiger partial charge in [0.25, 0.3) is 5.91 Å². The van der Waals surface area contributed by atoms with E-state index in [-0.39, 0.29) is 24.8 Å². The molecule has 0 saturated carbocycles. The van der Waals surface area contributed by atoms with Crippen LogP contribution in [0, 0.1) is 0 Å². The molecule has 3 heterocycles. The van der Waals surface area contributed by atoms with Crippen LogP contribution in [0.1, 0.15) is 15.9 Å². The summed E-state index contributed by atoms with van der Waals surface area (Å²) < 4.78 is 17.1. The first-order valence-electron chi connectivity index (χ1n) is 8.83. The van der Waals surface area contributed by atoms with E-state index in [1.165, 1.54) is 5.56 Å². The molecule has 1 saturated heterocycles. The molecule has 0 bridgehead atoms. The maximum atomic E-state index is 12.8. The van der Waals surface area contributed by atoms with E-state index in [2.05, 4.69) is 11.0 Å². The molecule has 2 aromatic carbocycles. The summed E-state index contributed by atoms with van der Waals surface area (Å²) in [6.45, 7) is 2.64. The number of hydrogen-bond acceptors (Lipinski definition) is 5. The highest BCUT2D eigenvalue weighted by Gasteiger charge is 2.42. The Balaban J connectivity index is 1.36. The highest BCUT2D eigenvalue weighted by molar-refractivity contribution is 5.97. The van der Waals surface area contributed by atoms with Crippen LogP contribution in [-0.4, -0.2) is 54.8 Å². The lowest BCUT2D eigenvalue weighted by Crippen LogP contribution is -2.44. The molecular weight excluding hydrogens is 332 g/mol. The van der Waals surface area contributed by atoms with Gasteiger partial charge in [0.2, 0.25) is 6.79 Å². The number of ether oxygens (including phenoxy) is 3. The van der Waals surface area contributed by atoms with E-state index >= 15 is 0 Å². The van der Waals surface area contributed by atoms with Crippen molar-refractivity contribution in [3.05, 3.63) is 53.6 Å². The van der Waals surface area contributed by atoms with Crippen molar-refractivity contribution in [3.8, 4) is 17.2 Å². The van der Waals surface area contributed by atoms with Crippen LogP contribution in [0.4, 0.5) is 0 Å². The normalized spacial score (nSPS) is 24.0. The van der Waals surface area contributed by atoms with Crippen molar-refractivity contribution in [1.82, 2.24) is 9.80 Å². The zero-order valence-corrected chi connectivity index (χ0v) is 14.6. The van der Waals surface area contributed by atoms with Crippen LogP contribution in [0.2, 0.25) is 0 Å². The fourth-order valence-corrected chi connectivity index (χ4v) is 4.00. The maximum absolute atomic E-state index is 12.8. The second kappa shape index (κ2) is 5.92. The molecule has 3 aliphatic rings. The molecule has 2 aromatic rings. The Morgan fingerprint density at radius 1 is 1.04 bits per heavy atom. The largest absolute Gasteiger partial charge is 0.486 e. The van der Waals surface area contributed by atoms with Gasteiger partial charge in [-0.25, -0.2) is 0 Å². The van der Waals surface area contributed by atoms with Gasteiger partial charge in [0.15, 0.2) is 11.5 Å². The standard InChI is InChI=1S/C20H20N2O4/c1-21-15-10-22(9-13-6-7-17-18(8-13)25-12-24-17)11-19(15)26-16-5-3-2-4-14(16)20(21)23/h2-8,15,19H,9-12H2,1H3. The van der Waals surface area contributed by atoms with E-state index in [9.17, 15) is 4.79 Å². The van der Waals surface area contributed by atoms with Crippen LogP contribution in [0.25, 0.3) is 0 Å². The number of nitrogens with zero attached hydrogens (tertiary/aromatic N) is 2. The molecule has 0 spiro atoms. The number of carbonyl (C=O) groups is 1. The van der Waals surface area contributed by atoms with Crippen molar-refractivity contribution < 1.29 is 19.0 Å². The predicted molar refractivity (Wildman–Crippen MR) is 94.6 cm³/mol. The minimum absolute atomic E-state index is 0.0260. The van der Waals surface area contributed by atoms with Gasteiger partial charge in [-0.3, -0.25) is 9.69 Å². The third kappa shape index (κ3) is 2.49. The highest BCUT2D eigenvalue weighted by atomic mass is 16.7. The van der Waals surface area contributed by atoms with Crippen molar-refractivity contribution in [2.45, 2.75) is 18.7 Å². The molecule has 1 fully saturated rings. The SMILES string of the molecule is CN1C(=O)c2ccccc2OC2CN(Cc3ccc4c(c3)OCO4)CC21. The molecule has 0 radical (unpaired) electrons. The molecule has 0 aliphatic carbocycles. The Morgan fingerprint density at radius 3 is 2.81 bits per heavy atom. The molecule has 2 atom stereocenters. The average Bonchev–Trinajstić information content (AvgIpc) is 3.25. The minimum atomic E-state index is -0.0263. The molecule has 6 heteroatoms. The number of fused-ring (bicyclic) bond motifs is 3. The second-order valence-electron chi connectivity index (χ2n) is 7.02. The van der Waals surface area contributed by atoms with Gasteiger partial charge < -0.3 is 19.1 Å². The van der Waals surface area contributed by atoms with Crippen LogP contribution in [-0.2, 0) is 6.54 Å². The van der Waals surface area contributed by atoms with Gasteiger partial charge >= 0.3 is 0 Å². The third-order valence-electron chi connectivity index (χ3n) is 5.37. The molecule has 1 amide bonds. The number of para-hydroxylation sites is 1. The van der Waals surface area contributed by atoms with Crippen LogP contribution in [0.3, 0.4) is 0 Å². The van der Waals surface area contributed by atoms with Crippen molar-refractivity contribution in [2.24, 2.45) is 0 Å². The Morgan fingerprint density at radius 2 is 1.88 bits per heavy atom. The summed E-state index contributed by atoms with van der Waals surface area (Å²) >= 11 is 0. The minimum Gasteiger partial charge on any atom is -0.486 e. The van der Waals surface area contributed by atoms with Gasteiger partial charge in [0.1, 0.15) is 11.9 Å². The quantitative estimate of drug-likeness (QED) is 0.829. The van der Waals surface area contributed by atoms with Crippen molar-refractivity contribution in [3.63, 3.8) is 0 Å². The summed E-state index contributed by atoms with van der Waals surface area (Å²) in [5.41, 5.74) is 1.81. The molecular formula is C20H20N2O4. The van der Waals surface area contributed by atoms with Gasteiger partial charge in [-0.15, -0.1) is 0 Å². The monoisotopic (exact) mass is 352 g/mol. The van der Waals surface area contributed by atoms with Gasteiger partial charge in [-0.05, 0) is 29.8 Å². The Hall–Kier alpha value is -2.73. The van der Waals surface area contributed by atoms with E-state index in [1.54, 1.807) is 0 Å². The van der Waals surface area contributed by atoms with Crippen molar-refractivity contribution >= 4 is 5.91 Å². The first-order valence-corrected chi connectivity index (χ1v) is 8.83. The van der Waals surface area contributed by atoms with Crippen LogP contribution < -0.4 is 14.2 Å². The summed E-state index contributed by atoms with van der Waals surface area (Å²) in [4.78, 5) is 16.9. The van der Waals surface area contributed by atoms with E-state index in [0.29, 0.717) is 11.3 Å². The lowest BCUT2D eigenvalue weighted by Gasteiger charge is -2.25. The molecule has 2 unspecified atom stereocenters. The van der Waals surface area contributed by atoms with Crippen LogP contribution >= 0.6 is 0 Å². The Kier molecular flexibility index (Phi) is 3.53. The predicted octanol–water partition coefficient (Wildman–Crippen LogP) is 2.13. The van der Waals surface area contributed by atoms with Crippen molar-refractivity contribution in [2.75, 3.05) is 26.9 Å². The lowest BCUT2D eigenvalue weighted by atomic mass is 10.1. The summed E-state index contributed by atoms with van der Waals surface area (Å²) in [7, 11) is 1.87. The van der Waals surface area contributed by atoms with Crippen LogP contribution in [0.15, 0.2) is 42.5 Å². The summed E-state index contributed by atoms with van der Waals surface area (Å²) in [5, 5.41) is 0. The lowest BCUT2D eigenvalue weighted by molar-refractivity contribution is 0.0682. The van der Waals surface area contributed by atoms with Gasteiger partial charge in [-0.1, -0.05) is 18.2 Å². The van der Waals surface area contributed by atoms with E-state index in [0.717, 1.165) is 31.1 Å². The molecule has 3 aliphatic heterocycles. The van der Waals surface area contributed by atoms with Crippen LogP contribution in [0.5, 0.6) is 17.2 Å². The fraction of sp³-hybridized carbons (Fsp3) is 0.350. The van der Waals surface area contributed by atoms with Gasteiger partial charge in [0.05, 0.1) is 11.6 Å². The number of likely N-dealkylation sites (N-methyl/N-ethyl adjacent to an activating group) is 1. The number of benzene rings is 2. The first-order chi connectivity index (χ1) is 12.7. The fourth-order valence-electron chi connectivity index (χ4n) is 4.00. The third-order valence-corrected chi connectivity index (χ3v) is 5.37. The van der Waals surface area contributed by atoms with E-state index in [4.69, 9.17) is 14.2 Å². The van der Waals surface area contributed by atoms with Gasteiger partial charge in [-0.2, -0.15) is 0 Å². The number of carbonyl (C=O) groups excluding carboxylic acids is 1. The number of rotatable bonds is 2. The highest BCUT2D eigenvalue weighted by Crippen LogP contribution is 2.34. The van der Waals surface area contributed by atoms with Gasteiger partial charge in [0, 0.05) is 26.7 Å². The Labute approximate surface area is 151 Å². The molecule has 26 heavy (non-hydrogen) atoms. The molecule has 0 aromatic heterocycles. The zero-order valence-electron chi connectivity index (χ0n) is 14.6. The average molecular weight is 352 g/mol. The number of likely N-dealkylation sites (tertiary alicyclic amines) is 1. The van der Waals surface area contributed by atoms with Crippen molar-refractivity contribution in [1.29, 1.82) is 0 Å². The molecule has 6 nitrogen and oxygen atoms in total. The molecule has 0 N–H and O–H groups in total. The second-order valence-corrected chi connectivity index (χ2v) is 7.02.